The second kappa shape index (κ2) is 5.02. The average Bonchev–Trinajstić information content (AvgIpc) is 2.12. The molecule has 0 saturated heterocycles. The van der Waals surface area contributed by atoms with Crippen LogP contribution in [0.25, 0.3) is 0 Å². The van der Waals surface area contributed by atoms with Crippen molar-refractivity contribution < 1.29 is 8.78 Å². The summed E-state index contributed by atoms with van der Waals surface area (Å²) in [5.74, 6) is -1.59. The summed E-state index contributed by atoms with van der Waals surface area (Å²) in [7, 11) is 3.74. The van der Waals surface area contributed by atoms with Gasteiger partial charge in [0.1, 0.15) is 0 Å². The maximum Gasteiger partial charge on any atom is 0.159 e. The Labute approximate surface area is 82.5 Å². The van der Waals surface area contributed by atoms with E-state index >= 15 is 0 Å². The molecule has 1 rings (SSSR count). The number of hydrogen-bond acceptors (Lipinski definition) is 2. The van der Waals surface area contributed by atoms with Gasteiger partial charge in [0.15, 0.2) is 11.6 Å². The maximum absolute atomic E-state index is 12.8. The van der Waals surface area contributed by atoms with Gasteiger partial charge in [-0.2, -0.15) is 0 Å². The molecule has 0 aliphatic carbocycles. The highest BCUT2D eigenvalue weighted by Crippen LogP contribution is 2.09. The summed E-state index contributed by atoms with van der Waals surface area (Å²) < 4.78 is 25.4. The van der Waals surface area contributed by atoms with Crippen molar-refractivity contribution in [3.8, 4) is 0 Å². The molecule has 0 heterocycles. The molecule has 0 spiro atoms. The minimum atomic E-state index is -0.801. The van der Waals surface area contributed by atoms with Crippen molar-refractivity contribution in [1.29, 1.82) is 0 Å². The Morgan fingerprint density at radius 1 is 1.29 bits per heavy atom. The first-order chi connectivity index (χ1) is 6.63. The van der Waals surface area contributed by atoms with Gasteiger partial charge in [0.2, 0.25) is 0 Å². The Morgan fingerprint density at radius 2 is 2.00 bits per heavy atom. The van der Waals surface area contributed by atoms with Gasteiger partial charge in [-0.3, -0.25) is 4.90 Å². The molecule has 0 saturated carbocycles. The maximum atomic E-state index is 12.8. The van der Waals surface area contributed by atoms with E-state index in [1.807, 2.05) is 19.0 Å². The van der Waals surface area contributed by atoms with Crippen LogP contribution >= 0.6 is 0 Å². The van der Waals surface area contributed by atoms with Crippen LogP contribution in [0.5, 0.6) is 0 Å². The second-order valence-corrected chi connectivity index (χ2v) is 3.27. The topological polar surface area (TPSA) is 15.3 Å². The van der Waals surface area contributed by atoms with E-state index in [9.17, 15) is 8.78 Å². The van der Waals surface area contributed by atoms with Crippen LogP contribution in [-0.2, 0) is 6.54 Å². The number of benzene rings is 1. The molecule has 0 atom stereocenters. The van der Waals surface area contributed by atoms with E-state index in [1.165, 1.54) is 6.07 Å². The molecule has 1 aromatic rings. The lowest BCUT2D eigenvalue weighted by Gasteiger charge is -2.15. The van der Waals surface area contributed by atoms with Crippen LogP contribution in [0.2, 0.25) is 0 Å². The molecule has 0 bridgehead atoms. The van der Waals surface area contributed by atoms with Gasteiger partial charge in [0.25, 0.3) is 0 Å². The highest BCUT2D eigenvalue weighted by molar-refractivity contribution is 5.17. The van der Waals surface area contributed by atoms with Gasteiger partial charge in [-0.15, -0.1) is 0 Å². The molecule has 0 amide bonds. The highest BCUT2D eigenvalue weighted by atomic mass is 19.2. The van der Waals surface area contributed by atoms with Crippen LogP contribution in [0.15, 0.2) is 18.2 Å². The molecule has 1 N–H and O–H groups in total. The van der Waals surface area contributed by atoms with E-state index < -0.39 is 11.6 Å². The lowest BCUT2D eigenvalue weighted by molar-refractivity contribution is 0.309. The van der Waals surface area contributed by atoms with Gasteiger partial charge in [-0.1, -0.05) is 6.07 Å². The first kappa shape index (κ1) is 11.1. The smallest absolute Gasteiger partial charge is 0.159 e. The zero-order valence-corrected chi connectivity index (χ0v) is 8.35. The van der Waals surface area contributed by atoms with Crippen molar-refractivity contribution in [2.45, 2.75) is 6.54 Å². The van der Waals surface area contributed by atoms with Crippen LogP contribution in [-0.4, -0.2) is 25.7 Å². The lowest BCUT2D eigenvalue weighted by atomic mass is 10.2. The van der Waals surface area contributed by atoms with E-state index in [-0.39, 0.29) is 0 Å². The number of rotatable bonds is 4. The van der Waals surface area contributed by atoms with Gasteiger partial charge in [0, 0.05) is 13.2 Å². The van der Waals surface area contributed by atoms with Crippen molar-refractivity contribution in [3.63, 3.8) is 0 Å². The number of hydrogen-bond donors (Lipinski definition) is 1. The van der Waals surface area contributed by atoms with Gasteiger partial charge in [-0.05, 0) is 31.8 Å². The standard InChI is InChI=1S/C10H14F2N2/c1-13-7-14(2)6-8-3-4-9(11)10(12)5-8/h3-5,13H,6-7H2,1-2H3. The normalized spacial score (nSPS) is 10.9. The first-order valence-electron chi connectivity index (χ1n) is 4.40. The molecular formula is C10H14F2N2. The van der Waals surface area contributed by atoms with Gasteiger partial charge >= 0.3 is 0 Å². The summed E-state index contributed by atoms with van der Waals surface area (Å²) in [6.45, 7) is 1.30. The Morgan fingerprint density at radius 3 is 2.57 bits per heavy atom. The number of halogens is 2. The average molecular weight is 200 g/mol. The molecule has 0 aliphatic rings. The van der Waals surface area contributed by atoms with Gasteiger partial charge in [-0.25, -0.2) is 8.78 Å². The number of nitrogens with zero attached hydrogens (tertiary/aromatic N) is 1. The van der Waals surface area contributed by atoms with Gasteiger partial charge < -0.3 is 5.32 Å². The summed E-state index contributed by atoms with van der Waals surface area (Å²) in [4.78, 5) is 1.96. The highest BCUT2D eigenvalue weighted by Gasteiger charge is 2.04. The lowest BCUT2D eigenvalue weighted by Crippen LogP contribution is -2.28. The zero-order chi connectivity index (χ0) is 10.6. The van der Waals surface area contributed by atoms with Crippen LogP contribution in [0.3, 0.4) is 0 Å². The molecule has 0 aromatic heterocycles. The first-order valence-corrected chi connectivity index (χ1v) is 4.40. The molecule has 2 nitrogen and oxygen atoms in total. The Bertz CT molecular complexity index is 302. The van der Waals surface area contributed by atoms with E-state index in [2.05, 4.69) is 5.32 Å². The molecule has 0 fully saturated rings. The predicted octanol–water partition coefficient (Wildman–Crippen LogP) is 1.57. The molecule has 14 heavy (non-hydrogen) atoms. The molecule has 1 aromatic carbocycles. The summed E-state index contributed by atoms with van der Waals surface area (Å²) in [6, 6.07) is 3.96. The minimum absolute atomic E-state index is 0.595. The zero-order valence-electron chi connectivity index (χ0n) is 8.35. The Hall–Kier alpha value is -1.00. The van der Waals surface area contributed by atoms with Crippen LogP contribution < -0.4 is 5.32 Å². The third-order valence-electron chi connectivity index (χ3n) is 1.86. The van der Waals surface area contributed by atoms with Gasteiger partial charge in [0.05, 0.1) is 0 Å². The molecule has 78 valence electrons. The quantitative estimate of drug-likeness (QED) is 0.742. The fraction of sp³-hybridized carbons (Fsp3) is 0.400. The van der Waals surface area contributed by atoms with Crippen molar-refractivity contribution in [3.05, 3.63) is 35.4 Å². The van der Waals surface area contributed by atoms with E-state index in [0.29, 0.717) is 13.2 Å². The van der Waals surface area contributed by atoms with Crippen molar-refractivity contribution in [2.24, 2.45) is 0 Å². The largest absolute Gasteiger partial charge is 0.307 e. The van der Waals surface area contributed by atoms with Crippen LogP contribution in [0.4, 0.5) is 8.78 Å². The molecule has 0 aliphatic heterocycles. The fourth-order valence-electron chi connectivity index (χ4n) is 1.28. The van der Waals surface area contributed by atoms with Crippen LogP contribution in [0.1, 0.15) is 5.56 Å². The minimum Gasteiger partial charge on any atom is -0.307 e. The molecular weight excluding hydrogens is 186 g/mol. The van der Waals surface area contributed by atoms with Crippen molar-refractivity contribution >= 4 is 0 Å². The van der Waals surface area contributed by atoms with Crippen LogP contribution in [0, 0.1) is 11.6 Å². The van der Waals surface area contributed by atoms with Crippen molar-refractivity contribution in [1.82, 2.24) is 10.2 Å². The third kappa shape index (κ3) is 3.05. The molecule has 4 heteroatoms. The fourth-order valence-corrected chi connectivity index (χ4v) is 1.28. The summed E-state index contributed by atoms with van der Waals surface area (Å²) in [5.41, 5.74) is 0.765. The monoisotopic (exact) mass is 200 g/mol. The van der Waals surface area contributed by atoms with Crippen molar-refractivity contribution in [2.75, 3.05) is 20.8 Å². The van der Waals surface area contributed by atoms with E-state index in [4.69, 9.17) is 0 Å². The Balaban J connectivity index is 2.63. The summed E-state index contributed by atoms with van der Waals surface area (Å²) in [6.07, 6.45) is 0. The third-order valence-corrected chi connectivity index (χ3v) is 1.86. The summed E-state index contributed by atoms with van der Waals surface area (Å²) >= 11 is 0. The predicted molar refractivity (Wildman–Crippen MR) is 51.8 cm³/mol. The van der Waals surface area contributed by atoms with E-state index in [1.54, 1.807) is 6.07 Å². The van der Waals surface area contributed by atoms with E-state index in [0.717, 1.165) is 11.6 Å². The second-order valence-electron chi connectivity index (χ2n) is 3.27. The number of nitrogens with one attached hydrogen (secondary N) is 1. The Kier molecular flexibility index (Phi) is 3.98. The SMILES string of the molecule is CNCN(C)Cc1ccc(F)c(F)c1. The molecule has 0 unspecified atom stereocenters. The summed E-state index contributed by atoms with van der Waals surface area (Å²) in [5, 5.41) is 2.97. The molecule has 0 radical (unpaired) electrons.